The van der Waals surface area contributed by atoms with Gasteiger partial charge in [-0.05, 0) is 24.5 Å². The summed E-state index contributed by atoms with van der Waals surface area (Å²) in [6, 6.07) is 7.76. The van der Waals surface area contributed by atoms with Crippen LogP contribution in [0.15, 0.2) is 28.7 Å². The van der Waals surface area contributed by atoms with E-state index in [2.05, 4.69) is 22.0 Å². The van der Waals surface area contributed by atoms with Gasteiger partial charge in [0.1, 0.15) is 0 Å². The topological polar surface area (TPSA) is 68.2 Å². The Morgan fingerprint density at radius 2 is 2.19 bits per heavy atom. The zero-order chi connectivity index (χ0) is 14.8. The van der Waals surface area contributed by atoms with Crippen molar-refractivity contribution in [3.8, 4) is 11.5 Å². The van der Waals surface area contributed by atoms with E-state index in [0.29, 0.717) is 35.3 Å². The molecule has 0 radical (unpaired) electrons. The number of likely N-dealkylation sites (tertiary alicyclic amines) is 1. The van der Waals surface area contributed by atoms with Crippen molar-refractivity contribution in [3.05, 3.63) is 35.2 Å². The lowest BCUT2D eigenvalue weighted by molar-refractivity contribution is 0.146. The minimum atomic E-state index is 0.294. The molecule has 2 aromatic rings. The highest BCUT2D eigenvalue weighted by Crippen LogP contribution is 2.26. The SMILES string of the molecule is CC1CN(Cc2nnc(-c3ccccc3Cl)o2)CCC1N. The fourth-order valence-corrected chi connectivity index (χ4v) is 2.86. The molecule has 1 saturated heterocycles. The second-order valence-electron chi connectivity index (χ2n) is 5.65. The van der Waals surface area contributed by atoms with Crippen LogP contribution in [0.5, 0.6) is 0 Å². The third kappa shape index (κ3) is 3.26. The number of halogens is 1. The van der Waals surface area contributed by atoms with Gasteiger partial charge in [0.25, 0.3) is 0 Å². The Morgan fingerprint density at radius 1 is 1.38 bits per heavy atom. The number of rotatable bonds is 3. The van der Waals surface area contributed by atoms with E-state index in [1.807, 2.05) is 24.3 Å². The molecule has 1 aliphatic heterocycles. The van der Waals surface area contributed by atoms with E-state index in [0.717, 1.165) is 25.1 Å². The van der Waals surface area contributed by atoms with E-state index in [-0.39, 0.29) is 0 Å². The number of benzene rings is 1. The smallest absolute Gasteiger partial charge is 0.249 e. The van der Waals surface area contributed by atoms with Gasteiger partial charge in [-0.2, -0.15) is 0 Å². The molecule has 0 saturated carbocycles. The van der Waals surface area contributed by atoms with Crippen molar-refractivity contribution in [2.24, 2.45) is 11.7 Å². The maximum atomic E-state index is 6.14. The van der Waals surface area contributed by atoms with Crippen LogP contribution in [0.4, 0.5) is 0 Å². The molecule has 1 aromatic carbocycles. The second kappa shape index (κ2) is 6.13. The lowest BCUT2D eigenvalue weighted by Gasteiger charge is -2.34. The predicted molar refractivity (Wildman–Crippen MR) is 81.8 cm³/mol. The number of aromatic nitrogens is 2. The van der Waals surface area contributed by atoms with Crippen molar-refractivity contribution in [1.82, 2.24) is 15.1 Å². The van der Waals surface area contributed by atoms with Crippen LogP contribution in [-0.2, 0) is 6.54 Å². The maximum absolute atomic E-state index is 6.14. The van der Waals surface area contributed by atoms with E-state index < -0.39 is 0 Å². The summed E-state index contributed by atoms with van der Waals surface area (Å²) in [5.41, 5.74) is 6.81. The highest BCUT2D eigenvalue weighted by molar-refractivity contribution is 6.33. The molecule has 0 aliphatic carbocycles. The van der Waals surface area contributed by atoms with Gasteiger partial charge in [0.2, 0.25) is 11.8 Å². The van der Waals surface area contributed by atoms with Crippen LogP contribution in [0.3, 0.4) is 0 Å². The summed E-state index contributed by atoms with van der Waals surface area (Å²) in [4.78, 5) is 2.30. The molecule has 0 bridgehead atoms. The third-order valence-electron chi connectivity index (χ3n) is 3.99. The van der Waals surface area contributed by atoms with E-state index in [1.54, 1.807) is 0 Å². The predicted octanol–water partition coefficient (Wildman–Crippen LogP) is 2.56. The zero-order valence-corrected chi connectivity index (χ0v) is 12.8. The van der Waals surface area contributed by atoms with Crippen molar-refractivity contribution < 1.29 is 4.42 Å². The molecule has 1 aliphatic rings. The van der Waals surface area contributed by atoms with Crippen molar-refractivity contribution in [1.29, 1.82) is 0 Å². The van der Waals surface area contributed by atoms with Gasteiger partial charge in [0.15, 0.2) is 0 Å². The number of piperidine rings is 1. The Balaban J connectivity index is 1.70. The third-order valence-corrected chi connectivity index (χ3v) is 4.32. The lowest BCUT2D eigenvalue weighted by atomic mass is 9.95. The number of nitrogens with two attached hydrogens (primary N) is 1. The Labute approximate surface area is 129 Å². The molecular weight excluding hydrogens is 288 g/mol. The molecule has 2 unspecified atom stereocenters. The minimum Gasteiger partial charge on any atom is -0.419 e. The van der Waals surface area contributed by atoms with Gasteiger partial charge < -0.3 is 10.2 Å². The Bertz CT molecular complexity index is 615. The standard InChI is InChI=1S/C15H19ClN4O/c1-10-8-20(7-6-13(10)17)9-14-18-19-15(21-14)11-4-2-3-5-12(11)16/h2-5,10,13H,6-9,17H2,1H3. The van der Waals surface area contributed by atoms with Crippen LogP contribution < -0.4 is 5.73 Å². The molecule has 112 valence electrons. The van der Waals surface area contributed by atoms with Gasteiger partial charge in [0.05, 0.1) is 17.1 Å². The molecule has 0 amide bonds. The average molecular weight is 307 g/mol. The molecular formula is C15H19ClN4O. The van der Waals surface area contributed by atoms with Crippen molar-refractivity contribution in [3.63, 3.8) is 0 Å². The van der Waals surface area contributed by atoms with Gasteiger partial charge in [-0.1, -0.05) is 30.7 Å². The normalized spacial score (nSPS) is 23.4. The second-order valence-corrected chi connectivity index (χ2v) is 6.05. The number of hydrogen-bond acceptors (Lipinski definition) is 5. The zero-order valence-electron chi connectivity index (χ0n) is 12.0. The first-order valence-electron chi connectivity index (χ1n) is 7.18. The van der Waals surface area contributed by atoms with Crippen LogP contribution >= 0.6 is 11.6 Å². The van der Waals surface area contributed by atoms with Crippen LogP contribution in [0.2, 0.25) is 5.02 Å². The first-order valence-corrected chi connectivity index (χ1v) is 7.56. The van der Waals surface area contributed by atoms with Crippen LogP contribution in [-0.4, -0.2) is 34.2 Å². The van der Waals surface area contributed by atoms with Gasteiger partial charge in [-0.3, -0.25) is 4.90 Å². The summed E-state index contributed by atoms with van der Waals surface area (Å²) in [6.07, 6.45) is 1.01. The molecule has 0 spiro atoms. The molecule has 1 aromatic heterocycles. The van der Waals surface area contributed by atoms with E-state index in [9.17, 15) is 0 Å². The van der Waals surface area contributed by atoms with E-state index in [1.165, 1.54) is 0 Å². The number of nitrogens with zero attached hydrogens (tertiary/aromatic N) is 3. The summed E-state index contributed by atoms with van der Waals surface area (Å²) < 4.78 is 5.74. The molecule has 6 heteroatoms. The first-order chi connectivity index (χ1) is 10.1. The Hall–Kier alpha value is -1.43. The van der Waals surface area contributed by atoms with E-state index in [4.69, 9.17) is 21.8 Å². The van der Waals surface area contributed by atoms with Gasteiger partial charge in [-0.15, -0.1) is 10.2 Å². The van der Waals surface area contributed by atoms with Gasteiger partial charge >= 0.3 is 0 Å². The molecule has 1 fully saturated rings. The molecule has 5 nitrogen and oxygen atoms in total. The first kappa shape index (κ1) is 14.5. The molecule has 2 N–H and O–H groups in total. The molecule has 3 rings (SSSR count). The summed E-state index contributed by atoms with van der Waals surface area (Å²) in [6.45, 7) is 4.77. The minimum absolute atomic E-state index is 0.294. The van der Waals surface area contributed by atoms with Crippen LogP contribution in [0, 0.1) is 5.92 Å². The molecule has 2 heterocycles. The fraction of sp³-hybridized carbons (Fsp3) is 0.467. The summed E-state index contributed by atoms with van der Waals surface area (Å²) in [5.74, 6) is 1.58. The monoisotopic (exact) mass is 306 g/mol. The fourth-order valence-electron chi connectivity index (χ4n) is 2.65. The molecule has 2 atom stereocenters. The lowest BCUT2D eigenvalue weighted by Crippen LogP contribution is -2.45. The average Bonchev–Trinajstić information content (AvgIpc) is 2.92. The van der Waals surface area contributed by atoms with Crippen LogP contribution in [0.1, 0.15) is 19.2 Å². The van der Waals surface area contributed by atoms with Gasteiger partial charge in [-0.25, -0.2) is 0 Å². The summed E-state index contributed by atoms with van der Waals surface area (Å²) in [5, 5.41) is 8.83. The largest absolute Gasteiger partial charge is 0.419 e. The Kier molecular flexibility index (Phi) is 4.24. The highest BCUT2D eigenvalue weighted by Gasteiger charge is 2.24. The highest BCUT2D eigenvalue weighted by atomic mass is 35.5. The quantitative estimate of drug-likeness (QED) is 0.944. The van der Waals surface area contributed by atoms with Gasteiger partial charge in [0, 0.05) is 19.1 Å². The summed E-state index contributed by atoms with van der Waals surface area (Å²) in [7, 11) is 0. The van der Waals surface area contributed by atoms with E-state index >= 15 is 0 Å². The Morgan fingerprint density at radius 3 is 2.95 bits per heavy atom. The summed E-state index contributed by atoms with van der Waals surface area (Å²) >= 11 is 6.14. The number of hydrogen-bond donors (Lipinski definition) is 1. The van der Waals surface area contributed by atoms with Crippen molar-refractivity contribution in [2.75, 3.05) is 13.1 Å². The van der Waals surface area contributed by atoms with Crippen LogP contribution in [0.25, 0.3) is 11.5 Å². The van der Waals surface area contributed by atoms with Crippen molar-refractivity contribution >= 4 is 11.6 Å². The van der Waals surface area contributed by atoms with Crippen molar-refractivity contribution in [2.45, 2.75) is 25.9 Å². The molecule has 21 heavy (non-hydrogen) atoms. The maximum Gasteiger partial charge on any atom is 0.249 e.